The smallest absolute Gasteiger partial charge is 0.123 e. The highest BCUT2D eigenvalue weighted by Gasteiger charge is 2.17. The van der Waals surface area contributed by atoms with Gasteiger partial charge in [-0.1, -0.05) is 19.1 Å². The summed E-state index contributed by atoms with van der Waals surface area (Å²) in [5.41, 5.74) is 0.364. The van der Waals surface area contributed by atoms with Crippen LogP contribution in [0.15, 0.2) is 24.3 Å². The average Bonchev–Trinajstić information content (AvgIpc) is 2.18. The predicted molar refractivity (Wildman–Crippen MR) is 63.6 cm³/mol. The molecule has 3 heteroatoms. The van der Waals surface area contributed by atoms with Gasteiger partial charge in [0.1, 0.15) is 5.82 Å². The quantitative estimate of drug-likeness (QED) is 0.832. The molecule has 90 valence electrons. The maximum Gasteiger partial charge on any atom is 0.123 e. The zero-order chi connectivity index (χ0) is 12.2. The molecule has 16 heavy (non-hydrogen) atoms. The van der Waals surface area contributed by atoms with Gasteiger partial charge in [0, 0.05) is 13.1 Å². The number of nitrogens with zero attached hydrogens (tertiary/aromatic N) is 1. The van der Waals surface area contributed by atoms with Crippen LogP contribution in [0.5, 0.6) is 0 Å². The maximum atomic E-state index is 12.7. The summed E-state index contributed by atoms with van der Waals surface area (Å²) in [4.78, 5) is 2.13. The number of hydrogen-bond acceptors (Lipinski definition) is 2. The third-order valence-corrected chi connectivity index (χ3v) is 2.38. The second-order valence-corrected chi connectivity index (χ2v) is 4.74. The van der Waals surface area contributed by atoms with Crippen LogP contribution in [-0.2, 0) is 6.54 Å². The van der Waals surface area contributed by atoms with E-state index in [9.17, 15) is 9.50 Å². The van der Waals surface area contributed by atoms with E-state index in [0.29, 0.717) is 6.54 Å². The summed E-state index contributed by atoms with van der Waals surface area (Å²) in [6, 6.07) is 6.49. The van der Waals surface area contributed by atoms with Crippen molar-refractivity contribution in [2.45, 2.75) is 32.9 Å². The summed E-state index contributed by atoms with van der Waals surface area (Å²) in [5.74, 6) is -0.214. The number of benzene rings is 1. The van der Waals surface area contributed by atoms with Crippen molar-refractivity contribution in [1.82, 2.24) is 4.90 Å². The molecule has 0 aromatic heterocycles. The first-order chi connectivity index (χ1) is 7.40. The van der Waals surface area contributed by atoms with E-state index in [1.165, 1.54) is 12.1 Å². The second-order valence-electron chi connectivity index (χ2n) is 4.74. The minimum Gasteiger partial charge on any atom is -0.389 e. The Labute approximate surface area is 96.7 Å². The number of rotatable bonds is 5. The van der Waals surface area contributed by atoms with E-state index >= 15 is 0 Å². The van der Waals surface area contributed by atoms with Gasteiger partial charge in [-0.2, -0.15) is 0 Å². The highest BCUT2D eigenvalue weighted by atomic mass is 19.1. The minimum absolute atomic E-state index is 0.214. The summed E-state index contributed by atoms with van der Waals surface area (Å²) >= 11 is 0. The lowest BCUT2D eigenvalue weighted by Crippen LogP contribution is -2.38. The van der Waals surface area contributed by atoms with Crippen LogP contribution in [0.2, 0.25) is 0 Å². The number of aliphatic hydroxyl groups is 1. The Balaban J connectivity index is 2.60. The van der Waals surface area contributed by atoms with Crippen LogP contribution in [0.1, 0.15) is 26.3 Å². The van der Waals surface area contributed by atoms with E-state index in [2.05, 4.69) is 11.8 Å². The number of likely N-dealkylation sites (N-methyl/N-ethyl adjacent to an activating group) is 1. The van der Waals surface area contributed by atoms with Gasteiger partial charge in [0.2, 0.25) is 0 Å². The highest BCUT2D eigenvalue weighted by molar-refractivity contribution is 5.15. The normalized spacial score (nSPS) is 12.1. The molecule has 0 radical (unpaired) electrons. The summed E-state index contributed by atoms with van der Waals surface area (Å²) in [5, 5.41) is 9.74. The molecule has 0 amide bonds. The Bertz CT molecular complexity index is 316. The van der Waals surface area contributed by atoms with Crippen molar-refractivity contribution >= 4 is 0 Å². The topological polar surface area (TPSA) is 23.5 Å². The van der Waals surface area contributed by atoms with E-state index in [-0.39, 0.29) is 5.82 Å². The molecule has 1 aromatic rings. The fourth-order valence-electron chi connectivity index (χ4n) is 1.67. The molecule has 0 aliphatic rings. The second kappa shape index (κ2) is 5.41. The highest BCUT2D eigenvalue weighted by Crippen LogP contribution is 2.10. The molecular weight excluding hydrogens is 205 g/mol. The van der Waals surface area contributed by atoms with Crippen LogP contribution in [-0.4, -0.2) is 28.7 Å². The monoisotopic (exact) mass is 225 g/mol. The van der Waals surface area contributed by atoms with Gasteiger partial charge in [-0.05, 0) is 38.1 Å². The molecule has 0 bridgehead atoms. The molecule has 0 saturated carbocycles. The molecule has 0 unspecified atom stereocenters. The Morgan fingerprint density at radius 3 is 2.25 bits per heavy atom. The predicted octanol–water partition coefficient (Wildman–Crippen LogP) is 2.42. The van der Waals surface area contributed by atoms with Gasteiger partial charge in [-0.15, -0.1) is 0 Å². The lowest BCUT2D eigenvalue weighted by Gasteiger charge is -2.27. The zero-order valence-corrected chi connectivity index (χ0v) is 10.2. The third-order valence-electron chi connectivity index (χ3n) is 2.38. The van der Waals surface area contributed by atoms with Gasteiger partial charge < -0.3 is 5.11 Å². The van der Waals surface area contributed by atoms with E-state index in [0.717, 1.165) is 18.7 Å². The molecule has 0 heterocycles. The standard InChI is InChI=1S/C13H20FNO/c1-4-15(10-13(2,3)16)9-11-5-7-12(14)8-6-11/h5-8,16H,4,9-10H2,1-3H3. The molecule has 0 spiro atoms. The van der Waals surface area contributed by atoms with Crippen LogP contribution >= 0.6 is 0 Å². The summed E-state index contributed by atoms with van der Waals surface area (Å²) in [7, 11) is 0. The first-order valence-electron chi connectivity index (χ1n) is 5.60. The first-order valence-corrected chi connectivity index (χ1v) is 5.60. The van der Waals surface area contributed by atoms with Crippen molar-refractivity contribution in [3.8, 4) is 0 Å². The minimum atomic E-state index is -0.698. The Morgan fingerprint density at radius 1 is 1.25 bits per heavy atom. The Morgan fingerprint density at radius 2 is 1.81 bits per heavy atom. The lowest BCUT2D eigenvalue weighted by atomic mass is 10.1. The summed E-state index contributed by atoms with van der Waals surface area (Å²) in [6.45, 7) is 7.85. The molecule has 1 N–H and O–H groups in total. The van der Waals surface area contributed by atoms with Gasteiger partial charge in [-0.3, -0.25) is 4.90 Å². The van der Waals surface area contributed by atoms with Crippen molar-refractivity contribution in [3.05, 3.63) is 35.6 Å². The summed E-state index contributed by atoms with van der Waals surface area (Å²) < 4.78 is 12.7. The molecular formula is C13H20FNO. The molecule has 0 saturated heterocycles. The maximum absolute atomic E-state index is 12.7. The van der Waals surface area contributed by atoms with Gasteiger partial charge >= 0.3 is 0 Å². The summed E-state index contributed by atoms with van der Waals surface area (Å²) in [6.07, 6.45) is 0. The largest absolute Gasteiger partial charge is 0.389 e. The van der Waals surface area contributed by atoms with Gasteiger partial charge in [0.15, 0.2) is 0 Å². The molecule has 1 aromatic carbocycles. The van der Waals surface area contributed by atoms with E-state index in [1.807, 2.05) is 0 Å². The van der Waals surface area contributed by atoms with Crippen LogP contribution in [0.4, 0.5) is 4.39 Å². The van der Waals surface area contributed by atoms with Crippen LogP contribution in [0.25, 0.3) is 0 Å². The number of halogens is 1. The molecule has 0 aliphatic heterocycles. The average molecular weight is 225 g/mol. The van der Waals surface area contributed by atoms with Crippen molar-refractivity contribution in [3.63, 3.8) is 0 Å². The van der Waals surface area contributed by atoms with Crippen LogP contribution < -0.4 is 0 Å². The van der Waals surface area contributed by atoms with E-state index < -0.39 is 5.60 Å². The molecule has 0 aliphatic carbocycles. The molecule has 0 atom stereocenters. The van der Waals surface area contributed by atoms with Gasteiger partial charge in [-0.25, -0.2) is 4.39 Å². The SMILES string of the molecule is CCN(Cc1ccc(F)cc1)CC(C)(C)O. The number of hydrogen-bond donors (Lipinski definition) is 1. The van der Waals surface area contributed by atoms with Crippen molar-refractivity contribution in [1.29, 1.82) is 0 Å². The van der Waals surface area contributed by atoms with Crippen LogP contribution in [0.3, 0.4) is 0 Å². The van der Waals surface area contributed by atoms with Crippen LogP contribution in [0, 0.1) is 5.82 Å². The first kappa shape index (κ1) is 13.1. The Kier molecular flexibility index (Phi) is 4.44. The van der Waals surface area contributed by atoms with E-state index in [1.54, 1.807) is 26.0 Å². The van der Waals surface area contributed by atoms with Gasteiger partial charge in [0.05, 0.1) is 5.60 Å². The molecule has 2 nitrogen and oxygen atoms in total. The van der Waals surface area contributed by atoms with E-state index in [4.69, 9.17) is 0 Å². The zero-order valence-electron chi connectivity index (χ0n) is 10.2. The molecule has 1 rings (SSSR count). The van der Waals surface area contributed by atoms with Crippen molar-refractivity contribution in [2.75, 3.05) is 13.1 Å². The van der Waals surface area contributed by atoms with Gasteiger partial charge in [0.25, 0.3) is 0 Å². The van der Waals surface area contributed by atoms with Crippen molar-refractivity contribution < 1.29 is 9.50 Å². The van der Waals surface area contributed by atoms with Crippen molar-refractivity contribution in [2.24, 2.45) is 0 Å². The lowest BCUT2D eigenvalue weighted by molar-refractivity contribution is 0.0353. The third kappa shape index (κ3) is 4.73. The molecule has 0 fully saturated rings. The Hall–Kier alpha value is -0.930. The fraction of sp³-hybridized carbons (Fsp3) is 0.538. The fourth-order valence-corrected chi connectivity index (χ4v) is 1.67.